The zero-order chi connectivity index (χ0) is 12.9. The fraction of sp³-hybridized carbons (Fsp3) is 1.00. The average Bonchev–Trinajstić information content (AvgIpc) is 2.35. The van der Waals surface area contributed by atoms with E-state index in [4.69, 9.17) is 15.2 Å². The minimum Gasteiger partial charge on any atom is -0.383 e. The van der Waals surface area contributed by atoms with E-state index in [-0.39, 0.29) is 5.54 Å². The number of hydrogen-bond donors (Lipinski definition) is 1. The molecule has 0 amide bonds. The summed E-state index contributed by atoms with van der Waals surface area (Å²) in [6, 6.07) is 0. The van der Waals surface area contributed by atoms with Gasteiger partial charge in [0.1, 0.15) is 0 Å². The van der Waals surface area contributed by atoms with Crippen LogP contribution in [-0.4, -0.2) is 57.0 Å². The van der Waals surface area contributed by atoms with Crippen molar-refractivity contribution in [1.82, 2.24) is 4.90 Å². The summed E-state index contributed by atoms with van der Waals surface area (Å²) in [6.45, 7) is 7.84. The van der Waals surface area contributed by atoms with Crippen molar-refractivity contribution in [2.75, 3.05) is 40.5 Å². The number of hydrogen-bond acceptors (Lipinski definition) is 4. The molecule has 0 spiro atoms. The Bertz CT molecular complexity index is 223. The van der Waals surface area contributed by atoms with Crippen molar-refractivity contribution in [2.24, 2.45) is 11.7 Å². The Balaban J connectivity index is 2.81. The molecule has 2 N–H and O–H groups in total. The Morgan fingerprint density at radius 2 is 2.12 bits per heavy atom. The molecule has 1 saturated heterocycles. The van der Waals surface area contributed by atoms with Crippen molar-refractivity contribution < 1.29 is 9.47 Å². The number of nitrogens with zero attached hydrogens (tertiary/aromatic N) is 1. The Morgan fingerprint density at radius 3 is 2.59 bits per heavy atom. The van der Waals surface area contributed by atoms with Crippen LogP contribution in [0.4, 0.5) is 0 Å². The monoisotopic (exact) mass is 244 g/mol. The number of methoxy groups -OCH3 is 2. The van der Waals surface area contributed by atoms with Gasteiger partial charge in [-0.2, -0.15) is 0 Å². The molecule has 0 aliphatic carbocycles. The standard InChI is InChI=1S/C13H28N2O2/c1-11(2)13(9-14,10-16-3)15-7-5-6-12(8-15)17-4/h11-12H,5-10,14H2,1-4H3. The van der Waals surface area contributed by atoms with Gasteiger partial charge in [-0.1, -0.05) is 13.8 Å². The van der Waals surface area contributed by atoms with Gasteiger partial charge in [-0.25, -0.2) is 0 Å². The molecule has 1 fully saturated rings. The van der Waals surface area contributed by atoms with Gasteiger partial charge >= 0.3 is 0 Å². The second kappa shape index (κ2) is 6.69. The van der Waals surface area contributed by atoms with E-state index >= 15 is 0 Å². The van der Waals surface area contributed by atoms with Crippen LogP contribution in [0.1, 0.15) is 26.7 Å². The summed E-state index contributed by atoms with van der Waals surface area (Å²) in [6.07, 6.45) is 2.67. The zero-order valence-corrected chi connectivity index (χ0v) is 11.7. The molecule has 17 heavy (non-hydrogen) atoms. The molecule has 1 aliphatic rings. The fourth-order valence-corrected chi connectivity index (χ4v) is 2.83. The molecule has 2 atom stereocenters. The van der Waals surface area contributed by atoms with Gasteiger partial charge in [0.25, 0.3) is 0 Å². The molecule has 1 rings (SSSR count). The van der Waals surface area contributed by atoms with Crippen LogP contribution < -0.4 is 5.73 Å². The number of likely N-dealkylation sites (tertiary alicyclic amines) is 1. The molecular formula is C13H28N2O2. The van der Waals surface area contributed by atoms with Crippen LogP contribution in [0.2, 0.25) is 0 Å². The van der Waals surface area contributed by atoms with Gasteiger partial charge in [-0.3, -0.25) is 4.90 Å². The van der Waals surface area contributed by atoms with Crippen LogP contribution in [0.5, 0.6) is 0 Å². The Labute approximate surface area is 105 Å². The molecule has 0 radical (unpaired) electrons. The van der Waals surface area contributed by atoms with Crippen LogP contribution >= 0.6 is 0 Å². The quantitative estimate of drug-likeness (QED) is 0.760. The Morgan fingerprint density at radius 1 is 1.41 bits per heavy atom. The molecule has 1 aliphatic heterocycles. The second-order valence-corrected chi connectivity index (χ2v) is 5.34. The van der Waals surface area contributed by atoms with Crippen LogP contribution in [0, 0.1) is 5.92 Å². The van der Waals surface area contributed by atoms with Gasteiger partial charge < -0.3 is 15.2 Å². The summed E-state index contributed by atoms with van der Waals surface area (Å²) < 4.78 is 10.9. The smallest absolute Gasteiger partial charge is 0.0698 e. The summed E-state index contributed by atoms with van der Waals surface area (Å²) >= 11 is 0. The number of nitrogens with two attached hydrogens (primary N) is 1. The second-order valence-electron chi connectivity index (χ2n) is 5.34. The van der Waals surface area contributed by atoms with Crippen molar-refractivity contribution in [3.8, 4) is 0 Å². The third-order valence-electron chi connectivity index (χ3n) is 4.16. The SMILES string of the molecule is COCC(CN)(C(C)C)N1CCCC(OC)C1. The molecule has 0 aromatic heterocycles. The number of ether oxygens (including phenoxy) is 2. The van der Waals surface area contributed by atoms with Crippen LogP contribution in [-0.2, 0) is 9.47 Å². The van der Waals surface area contributed by atoms with Crippen molar-refractivity contribution in [2.45, 2.75) is 38.3 Å². The van der Waals surface area contributed by atoms with Crippen molar-refractivity contribution in [1.29, 1.82) is 0 Å². The third-order valence-corrected chi connectivity index (χ3v) is 4.16. The summed E-state index contributed by atoms with van der Waals surface area (Å²) in [5.74, 6) is 0.475. The van der Waals surface area contributed by atoms with Gasteiger partial charge in [0.2, 0.25) is 0 Å². The average molecular weight is 244 g/mol. The minimum atomic E-state index is -0.0497. The fourth-order valence-electron chi connectivity index (χ4n) is 2.83. The lowest BCUT2D eigenvalue weighted by atomic mass is 9.83. The van der Waals surface area contributed by atoms with Crippen LogP contribution in [0.3, 0.4) is 0 Å². The van der Waals surface area contributed by atoms with Crippen molar-refractivity contribution >= 4 is 0 Å². The Hall–Kier alpha value is -0.160. The largest absolute Gasteiger partial charge is 0.383 e. The molecule has 1 heterocycles. The lowest BCUT2D eigenvalue weighted by molar-refractivity contribution is -0.0641. The summed E-state index contributed by atoms with van der Waals surface area (Å²) in [5.41, 5.74) is 6.00. The lowest BCUT2D eigenvalue weighted by Gasteiger charge is -2.49. The Kier molecular flexibility index (Phi) is 5.86. The highest BCUT2D eigenvalue weighted by atomic mass is 16.5. The van der Waals surface area contributed by atoms with Crippen molar-refractivity contribution in [3.05, 3.63) is 0 Å². The molecule has 4 heteroatoms. The highest BCUT2D eigenvalue weighted by Crippen LogP contribution is 2.28. The molecule has 0 aromatic carbocycles. The minimum absolute atomic E-state index is 0.0497. The number of rotatable bonds is 6. The highest BCUT2D eigenvalue weighted by molar-refractivity contribution is 4.97. The van der Waals surface area contributed by atoms with Gasteiger partial charge in [0.05, 0.1) is 18.2 Å². The van der Waals surface area contributed by atoms with E-state index < -0.39 is 0 Å². The van der Waals surface area contributed by atoms with E-state index in [0.717, 1.165) is 19.5 Å². The molecule has 102 valence electrons. The van der Waals surface area contributed by atoms with E-state index in [1.54, 1.807) is 14.2 Å². The van der Waals surface area contributed by atoms with Crippen LogP contribution in [0.15, 0.2) is 0 Å². The third kappa shape index (κ3) is 3.19. The summed E-state index contributed by atoms with van der Waals surface area (Å²) in [5, 5.41) is 0. The molecular weight excluding hydrogens is 216 g/mol. The molecule has 0 saturated carbocycles. The summed E-state index contributed by atoms with van der Waals surface area (Å²) in [7, 11) is 3.55. The zero-order valence-electron chi connectivity index (χ0n) is 11.7. The van der Waals surface area contributed by atoms with Gasteiger partial charge in [-0.05, 0) is 25.3 Å². The normalized spacial score (nSPS) is 26.1. The van der Waals surface area contributed by atoms with E-state index in [2.05, 4.69) is 18.7 Å². The first-order valence-electron chi connectivity index (χ1n) is 6.57. The first-order chi connectivity index (χ1) is 8.10. The number of piperidine rings is 1. The first-order valence-corrected chi connectivity index (χ1v) is 6.57. The first kappa shape index (κ1) is 14.9. The van der Waals surface area contributed by atoms with E-state index in [0.29, 0.717) is 25.2 Å². The molecule has 4 nitrogen and oxygen atoms in total. The van der Waals surface area contributed by atoms with E-state index in [9.17, 15) is 0 Å². The maximum absolute atomic E-state index is 6.05. The van der Waals surface area contributed by atoms with Gasteiger partial charge in [-0.15, -0.1) is 0 Å². The summed E-state index contributed by atoms with van der Waals surface area (Å²) in [4.78, 5) is 2.47. The molecule has 0 aromatic rings. The topological polar surface area (TPSA) is 47.7 Å². The lowest BCUT2D eigenvalue weighted by Crippen LogP contribution is -2.63. The van der Waals surface area contributed by atoms with Crippen molar-refractivity contribution in [3.63, 3.8) is 0 Å². The van der Waals surface area contributed by atoms with Gasteiger partial charge in [0, 0.05) is 27.3 Å². The highest BCUT2D eigenvalue weighted by Gasteiger charge is 2.40. The molecule has 0 bridgehead atoms. The maximum Gasteiger partial charge on any atom is 0.0698 e. The predicted octanol–water partition coefficient (Wildman–Crippen LogP) is 1.10. The molecule has 2 unspecified atom stereocenters. The van der Waals surface area contributed by atoms with Crippen LogP contribution in [0.25, 0.3) is 0 Å². The van der Waals surface area contributed by atoms with E-state index in [1.165, 1.54) is 6.42 Å². The van der Waals surface area contributed by atoms with E-state index in [1.807, 2.05) is 0 Å². The predicted molar refractivity (Wildman–Crippen MR) is 70.1 cm³/mol. The van der Waals surface area contributed by atoms with Gasteiger partial charge in [0.15, 0.2) is 0 Å². The maximum atomic E-state index is 6.05.